The van der Waals surface area contributed by atoms with Gasteiger partial charge >= 0.3 is 6.09 Å². The number of rotatable bonds is 5. The van der Waals surface area contributed by atoms with E-state index in [2.05, 4.69) is 33.0 Å². The number of hydrogen-bond donors (Lipinski definition) is 1. The maximum atomic E-state index is 12.0. The van der Waals surface area contributed by atoms with Crippen LogP contribution in [-0.2, 0) is 4.74 Å². The molecule has 21 heavy (non-hydrogen) atoms. The highest BCUT2D eigenvalue weighted by Crippen LogP contribution is 2.26. The molecule has 0 aromatic heterocycles. The molecular weight excluding hydrogens is 288 g/mol. The Labute approximate surface area is 136 Å². The van der Waals surface area contributed by atoms with Gasteiger partial charge in [0.15, 0.2) is 0 Å². The van der Waals surface area contributed by atoms with E-state index in [1.807, 2.05) is 4.90 Å². The highest BCUT2D eigenvalue weighted by atomic mass is 35.5. The fourth-order valence-corrected chi connectivity index (χ4v) is 3.17. The van der Waals surface area contributed by atoms with E-state index in [1.165, 1.54) is 13.5 Å². The molecule has 0 aromatic rings. The zero-order valence-corrected chi connectivity index (χ0v) is 15.1. The monoisotopic (exact) mass is 320 g/mol. The van der Waals surface area contributed by atoms with Crippen molar-refractivity contribution in [1.29, 1.82) is 0 Å². The molecule has 0 radical (unpaired) electrons. The molecule has 1 unspecified atom stereocenters. The van der Waals surface area contributed by atoms with Crippen LogP contribution in [0.1, 0.15) is 53.4 Å². The summed E-state index contributed by atoms with van der Waals surface area (Å²) in [6, 6.07) is 0.338. The molecule has 4 nitrogen and oxygen atoms in total. The summed E-state index contributed by atoms with van der Waals surface area (Å²) in [6.45, 7) is 11.9. The van der Waals surface area contributed by atoms with Crippen molar-refractivity contribution < 1.29 is 9.53 Å². The van der Waals surface area contributed by atoms with Crippen LogP contribution in [0.25, 0.3) is 0 Å². The van der Waals surface area contributed by atoms with Crippen molar-refractivity contribution in [3.05, 3.63) is 0 Å². The Kier molecular flexibility index (Phi) is 9.30. The van der Waals surface area contributed by atoms with Gasteiger partial charge in [-0.15, -0.1) is 12.4 Å². The minimum absolute atomic E-state index is 0. The fraction of sp³-hybridized carbons (Fsp3) is 0.938. The normalized spacial score (nSPS) is 17.8. The summed E-state index contributed by atoms with van der Waals surface area (Å²) in [4.78, 5) is 13.9. The number of halogens is 1. The third kappa shape index (κ3) is 7.91. The predicted octanol–water partition coefficient (Wildman–Crippen LogP) is 3.69. The minimum atomic E-state index is -0.167. The van der Waals surface area contributed by atoms with E-state index >= 15 is 0 Å². The van der Waals surface area contributed by atoms with Gasteiger partial charge in [0.1, 0.15) is 0 Å². The van der Waals surface area contributed by atoms with E-state index in [-0.39, 0.29) is 18.5 Å². The smallest absolute Gasteiger partial charge is 0.409 e. The van der Waals surface area contributed by atoms with E-state index in [0.717, 1.165) is 38.9 Å². The number of ether oxygens (including phenoxy) is 1. The van der Waals surface area contributed by atoms with E-state index in [1.54, 1.807) is 0 Å². The Morgan fingerprint density at radius 2 is 1.90 bits per heavy atom. The molecule has 0 spiro atoms. The Morgan fingerprint density at radius 3 is 2.38 bits per heavy atom. The molecule has 1 N–H and O–H groups in total. The first kappa shape index (κ1) is 20.5. The van der Waals surface area contributed by atoms with Gasteiger partial charge in [0.25, 0.3) is 0 Å². The lowest BCUT2D eigenvalue weighted by Gasteiger charge is -2.34. The highest BCUT2D eigenvalue weighted by Gasteiger charge is 2.26. The van der Waals surface area contributed by atoms with Crippen molar-refractivity contribution in [3.8, 4) is 0 Å². The summed E-state index contributed by atoms with van der Waals surface area (Å²) in [7, 11) is 1.48. The Hall–Kier alpha value is -0.480. The maximum Gasteiger partial charge on any atom is 0.409 e. The topological polar surface area (TPSA) is 41.6 Å². The number of methoxy groups -OCH3 is 1. The second-order valence-electron chi connectivity index (χ2n) is 7.30. The molecule has 1 heterocycles. The number of nitrogens with zero attached hydrogens (tertiary/aromatic N) is 1. The first-order chi connectivity index (χ1) is 9.33. The predicted molar refractivity (Wildman–Crippen MR) is 90.1 cm³/mol. The molecule has 1 rings (SSSR count). The largest absolute Gasteiger partial charge is 0.453 e. The Balaban J connectivity index is 0.00000400. The van der Waals surface area contributed by atoms with Gasteiger partial charge in [0.2, 0.25) is 0 Å². The van der Waals surface area contributed by atoms with Gasteiger partial charge in [-0.2, -0.15) is 0 Å². The second kappa shape index (κ2) is 9.52. The molecule has 1 aliphatic heterocycles. The fourth-order valence-electron chi connectivity index (χ4n) is 3.17. The summed E-state index contributed by atoms with van der Waals surface area (Å²) in [6.07, 6.45) is 4.13. The summed E-state index contributed by atoms with van der Waals surface area (Å²) in [5.41, 5.74) is 0.351. The lowest BCUT2D eigenvalue weighted by atomic mass is 9.84. The summed E-state index contributed by atoms with van der Waals surface area (Å²) >= 11 is 0. The molecule has 1 fully saturated rings. The van der Waals surface area contributed by atoms with Crippen molar-refractivity contribution in [2.45, 2.75) is 59.4 Å². The van der Waals surface area contributed by atoms with Crippen LogP contribution >= 0.6 is 12.4 Å². The van der Waals surface area contributed by atoms with E-state index in [4.69, 9.17) is 4.74 Å². The molecule has 5 heteroatoms. The lowest BCUT2D eigenvalue weighted by molar-refractivity contribution is 0.0914. The lowest BCUT2D eigenvalue weighted by Crippen LogP contribution is -2.46. The van der Waals surface area contributed by atoms with Crippen LogP contribution in [-0.4, -0.2) is 43.8 Å². The number of amides is 1. The van der Waals surface area contributed by atoms with Crippen LogP contribution in [0.5, 0.6) is 0 Å². The van der Waals surface area contributed by atoms with Crippen LogP contribution in [0.2, 0.25) is 0 Å². The Bertz CT molecular complexity index is 299. The maximum absolute atomic E-state index is 12.0. The zero-order chi connectivity index (χ0) is 15.2. The SMILES string of the molecule is COC(=O)N(CCC(C)CC(C)(C)C)C1CCNCC1.Cl. The van der Waals surface area contributed by atoms with Gasteiger partial charge in [-0.3, -0.25) is 0 Å². The summed E-state index contributed by atoms with van der Waals surface area (Å²) in [5.74, 6) is 0.629. The number of hydrogen-bond acceptors (Lipinski definition) is 3. The van der Waals surface area contributed by atoms with Gasteiger partial charge < -0.3 is 15.0 Å². The molecule has 1 amide bonds. The average molecular weight is 321 g/mol. The van der Waals surface area contributed by atoms with Crippen LogP contribution in [0.3, 0.4) is 0 Å². The highest BCUT2D eigenvalue weighted by molar-refractivity contribution is 5.85. The first-order valence-corrected chi connectivity index (χ1v) is 7.89. The van der Waals surface area contributed by atoms with Gasteiger partial charge in [-0.1, -0.05) is 27.7 Å². The molecule has 1 saturated heterocycles. The van der Waals surface area contributed by atoms with Crippen LogP contribution in [0.4, 0.5) is 4.79 Å². The van der Waals surface area contributed by atoms with Crippen LogP contribution in [0, 0.1) is 11.3 Å². The minimum Gasteiger partial charge on any atom is -0.453 e. The number of carbonyl (C=O) groups excluding carboxylic acids is 1. The van der Waals surface area contributed by atoms with Crippen LogP contribution < -0.4 is 5.32 Å². The van der Waals surface area contributed by atoms with E-state index in [0.29, 0.717) is 17.4 Å². The van der Waals surface area contributed by atoms with Gasteiger partial charge in [-0.05, 0) is 50.1 Å². The average Bonchev–Trinajstić information content (AvgIpc) is 2.37. The van der Waals surface area contributed by atoms with E-state index in [9.17, 15) is 4.79 Å². The molecular formula is C16H33ClN2O2. The second-order valence-corrected chi connectivity index (χ2v) is 7.30. The molecule has 0 aromatic carbocycles. The number of piperidine rings is 1. The van der Waals surface area contributed by atoms with Crippen molar-refractivity contribution in [2.24, 2.45) is 11.3 Å². The van der Waals surface area contributed by atoms with E-state index < -0.39 is 0 Å². The quantitative estimate of drug-likeness (QED) is 0.840. The molecule has 1 aliphatic rings. The standard InChI is InChI=1S/C16H32N2O2.ClH/c1-13(12-16(2,3)4)8-11-18(15(19)20-5)14-6-9-17-10-7-14;/h13-14,17H,6-12H2,1-5H3;1H. The van der Waals surface area contributed by atoms with Crippen molar-refractivity contribution in [2.75, 3.05) is 26.7 Å². The Morgan fingerprint density at radius 1 is 1.33 bits per heavy atom. The van der Waals surface area contributed by atoms with Crippen molar-refractivity contribution in [1.82, 2.24) is 10.2 Å². The molecule has 126 valence electrons. The zero-order valence-electron chi connectivity index (χ0n) is 14.3. The van der Waals surface area contributed by atoms with Gasteiger partial charge in [-0.25, -0.2) is 4.79 Å². The van der Waals surface area contributed by atoms with Gasteiger partial charge in [0, 0.05) is 12.6 Å². The van der Waals surface area contributed by atoms with Crippen LogP contribution in [0.15, 0.2) is 0 Å². The molecule has 0 saturated carbocycles. The molecule has 0 bridgehead atoms. The molecule has 1 atom stereocenters. The third-order valence-electron chi connectivity index (χ3n) is 3.98. The first-order valence-electron chi connectivity index (χ1n) is 7.89. The summed E-state index contributed by atoms with van der Waals surface area (Å²) < 4.78 is 4.97. The number of carbonyl (C=O) groups is 1. The molecule has 0 aliphatic carbocycles. The van der Waals surface area contributed by atoms with Crippen molar-refractivity contribution >= 4 is 18.5 Å². The third-order valence-corrected chi connectivity index (χ3v) is 3.98. The van der Waals surface area contributed by atoms with Gasteiger partial charge in [0.05, 0.1) is 7.11 Å². The van der Waals surface area contributed by atoms with Crippen molar-refractivity contribution in [3.63, 3.8) is 0 Å². The summed E-state index contributed by atoms with van der Waals surface area (Å²) in [5, 5.41) is 3.34. The number of nitrogens with one attached hydrogen (secondary N) is 1.